The fourth-order valence-corrected chi connectivity index (χ4v) is 3.97. The minimum atomic E-state index is -0.0554. The highest BCUT2D eigenvalue weighted by atomic mass is 127. The Morgan fingerprint density at radius 1 is 1.20 bits per heavy atom. The number of benzene rings is 2. The molecular formula is C23H29IN4O2. The molecule has 0 radical (unpaired) electrons. The lowest BCUT2D eigenvalue weighted by molar-refractivity contribution is 0.0857. The van der Waals surface area contributed by atoms with Crippen LogP contribution >= 0.6 is 24.0 Å². The number of carbonyl (C=O) groups excluding carboxylic acids is 1. The van der Waals surface area contributed by atoms with Gasteiger partial charge in [-0.3, -0.25) is 9.79 Å². The molecule has 1 atom stereocenters. The molecule has 2 aromatic carbocycles. The second kappa shape index (κ2) is 10.8. The quantitative estimate of drug-likeness (QED) is 0.361. The van der Waals surface area contributed by atoms with Crippen LogP contribution in [-0.4, -0.2) is 44.7 Å². The summed E-state index contributed by atoms with van der Waals surface area (Å²) in [5.74, 6) is 0.795. The van der Waals surface area contributed by atoms with Gasteiger partial charge in [0.2, 0.25) is 0 Å². The molecule has 2 N–H and O–H groups in total. The Labute approximate surface area is 195 Å². The summed E-state index contributed by atoms with van der Waals surface area (Å²) in [5, 5.41) is 6.42. The average Bonchev–Trinajstić information content (AvgIpc) is 3.43. The van der Waals surface area contributed by atoms with Crippen molar-refractivity contribution in [2.24, 2.45) is 4.99 Å². The number of amides is 1. The zero-order valence-electron chi connectivity index (χ0n) is 17.3. The fraction of sp³-hybridized carbons (Fsp3) is 0.391. The van der Waals surface area contributed by atoms with E-state index in [1.54, 1.807) is 7.05 Å². The second-order valence-electron chi connectivity index (χ2n) is 7.48. The predicted molar refractivity (Wildman–Crippen MR) is 131 cm³/mol. The number of guanidine groups is 1. The Balaban J connectivity index is 0.00000256. The van der Waals surface area contributed by atoms with Crippen LogP contribution in [0.4, 0.5) is 5.69 Å². The molecule has 7 heteroatoms. The van der Waals surface area contributed by atoms with Gasteiger partial charge in [0.15, 0.2) is 5.96 Å². The molecule has 2 aliphatic heterocycles. The number of ether oxygens (including phenoxy) is 1. The summed E-state index contributed by atoms with van der Waals surface area (Å²) in [6.45, 7) is 2.90. The summed E-state index contributed by atoms with van der Waals surface area (Å²) in [7, 11) is 1.80. The van der Waals surface area contributed by atoms with Crippen molar-refractivity contribution >= 4 is 41.5 Å². The number of rotatable bonds is 5. The summed E-state index contributed by atoms with van der Waals surface area (Å²) in [4.78, 5) is 19.1. The van der Waals surface area contributed by atoms with Gasteiger partial charge in [0.1, 0.15) is 0 Å². The Bertz CT molecular complexity index is 896. The van der Waals surface area contributed by atoms with Crippen LogP contribution in [0.3, 0.4) is 0 Å². The van der Waals surface area contributed by atoms with Crippen molar-refractivity contribution in [3.05, 3.63) is 65.2 Å². The number of anilines is 1. The highest BCUT2D eigenvalue weighted by molar-refractivity contribution is 14.0. The molecule has 2 aromatic rings. The Morgan fingerprint density at radius 2 is 2.07 bits per heavy atom. The van der Waals surface area contributed by atoms with Gasteiger partial charge in [0.05, 0.1) is 6.10 Å². The highest BCUT2D eigenvalue weighted by Crippen LogP contribution is 2.27. The second-order valence-corrected chi connectivity index (χ2v) is 7.48. The van der Waals surface area contributed by atoms with Gasteiger partial charge in [-0.2, -0.15) is 0 Å². The lowest BCUT2D eigenvalue weighted by Gasteiger charge is -2.22. The molecular weight excluding hydrogens is 491 g/mol. The van der Waals surface area contributed by atoms with Gasteiger partial charge in [0, 0.05) is 44.5 Å². The summed E-state index contributed by atoms with van der Waals surface area (Å²) >= 11 is 0. The molecule has 0 spiro atoms. The van der Waals surface area contributed by atoms with Crippen LogP contribution < -0.4 is 15.5 Å². The number of halogens is 1. The Morgan fingerprint density at radius 3 is 2.87 bits per heavy atom. The molecule has 0 saturated carbocycles. The van der Waals surface area contributed by atoms with Crippen molar-refractivity contribution < 1.29 is 9.53 Å². The third-order valence-electron chi connectivity index (χ3n) is 5.51. The fourth-order valence-electron chi connectivity index (χ4n) is 3.97. The SMILES string of the molecule is CN=C(NCc1cccc(C(=O)NCC2CCCO2)c1)N1CCc2ccccc21.I. The van der Waals surface area contributed by atoms with Gasteiger partial charge < -0.3 is 20.3 Å². The first kappa shape index (κ1) is 22.6. The van der Waals surface area contributed by atoms with Gasteiger partial charge in [-0.15, -0.1) is 24.0 Å². The summed E-state index contributed by atoms with van der Waals surface area (Å²) in [6.07, 6.45) is 3.26. The van der Waals surface area contributed by atoms with Crippen LogP contribution in [0, 0.1) is 0 Å². The normalized spacial score (nSPS) is 18.0. The van der Waals surface area contributed by atoms with E-state index in [9.17, 15) is 4.79 Å². The van der Waals surface area contributed by atoms with Crippen LogP contribution in [0.15, 0.2) is 53.5 Å². The standard InChI is InChI=1S/C23H28N4O2.HI/c1-24-23(27-12-11-18-7-2-3-10-21(18)27)26-15-17-6-4-8-19(14-17)22(28)25-16-20-9-5-13-29-20;/h2-4,6-8,10,14,20H,5,9,11-13,15-16H2,1H3,(H,24,26)(H,25,28);1H. The minimum Gasteiger partial charge on any atom is -0.376 e. The highest BCUT2D eigenvalue weighted by Gasteiger charge is 2.22. The van der Waals surface area contributed by atoms with Crippen LogP contribution in [0.2, 0.25) is 0 Å². The first-order valence-electron chi connectivity index (χ1n) is 10.3. The van der Waals surface area contributed by atoms with Crippen LogP contribution in [0.25, 0.3) is 0 Å². The first-order valence-corrected chi connectivity index (χ1v) is 10.3. The minimum absolute atomic E-state index is 0. The number of carbonyl (C=O) groups is 1. The van der Waals surface area contributed by atoms with Crippen molar-refractivity contribution in [3.8, 4) is 0 Å². The van der Waals surface area contributed by atoms with Crippen LogP contribution in [0.5, 0.6) is 0 Å². The molecule has 0 bridgehead atoms. The summed E-state index contributed by atoms with van der Waals surface area (Å²) in [6, 6.07) is 16.2. The Kier molecular flexibility index (Phi) is 8.09. The van der Waals surface area contributed by atoms with E-state index in [2.05, 4.69) is 44.8 Å². The molecule has 4 rings (SSSR count). The lowest BCUT2D eigenvalue weighted by Crippen LogP contribution is -2.40. The van der Waals surface area contributed by atoms with E-state index in [0.717, 1.165) is 43.9 Å². The van der Waals surface area contributed by atoms with E-state index in [0.29, 0.717) is 18.7 Å². The summed E-state index contributed by atoms with van der Waals surface area (Å²) in [5.41, 5.74) is 4.27. The zero-order chi connectivity index (χ0) is 20.1. The van der Waals surface area contributed by atoms with E-state index < -0.39 is 0 Å². The van der Waals surface area contributed by atoms with Crippen molar-refractivity contribution in [3.63, 3.8) is 0 Å². The zero-order valence-corrected chi connectivity index (χ0v) is 19.6. The molecule has 1 amide bonds. The third-order valence-corrected chi connectivity index (χ3v) is 5.51. The van der Waals surface area contributed by atoms with E-state index >= 15 is 0 Å². The van der Waals surface area contributed by atoms with E-state index in [1.165, 1.54) is 11.3 Å². The molecule has 1 saturated heterocycles. The smallest absolute Gasteiger partial charge is 0.251 e. The average molecular weight is 520 g/mol. The van der Waals surface area contributed by atoms with E-state index in [4.69, 9.17) is 4.74 Å². The van der Waals surface area contributed by atoms with Gasteiger partial charge in [-0.25, -0.2) is 0 Å². The molecule has 6 nitrogen and oxygen atoms in total. The number of hydrogen-bond acceptors (Lipinski definition) is 3. The number of hydrogen-bond donors (Lipinski definition) is 2. The Hall–Kier alpha value is -2.13. The third kappa shape index (κ3) is 5.31. The van der Waals surface area contributed by atoms with Gasteiger partial charge in [-0.1, -0.05) is 30.3 Å². The van der Waals surface area contributed by atoms with Crippen molar-refractivity contribution in [2.45, 2.75) is 31.9 Å². The lowest BCUT2D eigenvalue weighted by atomic mass is 10.1. The number of fused-ring (bicyclic) bond motifs is 1. The van der Waals surface area contributed by atoms with Gasteiger partial charge >= 0.3 is 0 Å². The summed E-state index contributed by atoms with van der Waals surface area (Å²) < 4.78 is 5.57. The van der Waals surface area contributed by atoms with E-state index in [-0.39, 0.29) is 36.0 Å². The molecule has 1 fully saturated rings. The topological polar surface area (TPSA) is 66.0 Å². The molecule has 30 heavy (non-hydrogen) atoms. The molecule has 1 unspecified atom stereocenters. The number of nitrogens with zero attached hydrogens (tertiary/aromatic N) is 2. The number of aliphatic imine (C=N–C) groups is 1. The monoisotopic (exact) mass is 520 g/mol. The van der Waals surface area contributed by atoms with Crippen molar-refractivity contribution in [2.75, 3.05) is 31.6 Å². The number of para-hydroxylation sites is 1. The maximum Gasteiger partial charge on any atom is 0.251 e. The van der Waals surface area contributed by atoms with Gasteiger partial charge in [-0.05, 0) is 48.6 Å². The molecule has 2 heterocycles. The predicted octanol–water partition coefficient (Wildman–Crippen LogP) is 3.35. The van der Waals surface area contributed by atoms with Crippen LogP contribution in [0.1, 0.15) is 34.3 Å². The van der Waals surface area contributed by atoms with Crippen molar-refractivity contribution in [1.29, 1.82) is 0 Å². The molecule has 0 aromatic heterocycles. The molecule has 160 valence electrons. The molecule has 0 aliphatic carbocycles. The van der Waals surface area contributed by atoms with Crippen LogP contribution in [-0.2, 0) is 17.7 Å². The largest absolute Gasteiger partial charge is 0.376 e. The van der Waals surface area contributed by atoms with E-state index in [1.807, 2.05) is 24.3 Å². The van der Waals surface area contributed by atoms with Gasteiger partial charge in [0.25, 0.3) is 5.91 Å². The maximum atomic E-state index is 12.5. The first-order chi connectivity index (χ1) is 14.2. The maximum absolute atomic E-state index is 12.5. The number of nitrogens with one attached hydrogen (secondary N) is 2. The molecule has 2 aliphatic rings. The van der Waals surface area contributed by atoms with Crippen molar-refractivity contribution in [1.82, 2.24) is 10.6 Å².